The molecule has 1 aromatic rings. The van der Waals surface area contributed by atoms with E-state index < -0.39 is 54.3 Å². The molecule has 0 saturated heterocycles. The van der Waals surface area contributed by atoms with E-state index in [0.717, 1.165) is 38.5 Å². The highest BCUT2D eigenvalue weighted by molar-refractivity contribution is 7.99. The first kappa shape index (κ1) is 65.1. The average molecular weight is 1010 g/mol. The van der Waals surface area contributed by atoms with Gasteiger partial charge in [-0.3, -0.25) is 28.8 Å². The van der Waals surface area contributed by atoms with E-state index in [0.29, 0.717) is 17.9 Å². The third-order valence-corrected chi connectivity index (χ3v) is 13.0. The average Bonchev–Trinajstić information content (AvgIpc) is 3.31. The fraction of sp³-hybridized carbons (Fsp3) is 0.750. The number of rotatable bonds is 45. The van der Waals surface area contributed by atoms with Crippen molar-refractivity contribution >= 4 is 59.0 Å². The van der Waals surface area contributed by atoms with E-state index in [-0.39, 0.29) is 61.7 Å². The molecule has 0 heterocycles. The molecule has 15 nitrogen and oxygen atoms in total. The topological polar surface area (TPSA) is 242 Å². The van der Waals surface area contributed by atoms with Crippen LogP contribution >= 0.6 is 11.8 Å². The predicted octanol–water partition coefficient (Wildman–Crippen LogP) is 6.55. The monoisotopic (exact) mass is 1010 g/mol. The molecule has 1 aromatic carbocycles. The van der Waals surface area contributed by atoms with Gasteiger partial charge in [0, 0.05) is 36.3 Å². The first-order valence-electron chi connectivity index (χ1n) is 26.0. The van der Waals surface area contributed by atoms with Crippen LogP contribution in [0.2, 0.25) is 0 Å². The van der Waals surface area contributed by atoms with Crippen LogP contribution in [0, 0.1) is 0 Å². The van der Waals surface area contributed by atoms with Crippen LogP contribution in [0.3, 0.4) is 0 Å². The van der Waals surface area contributed by atoms with Crippen molar-refractivity contribution in [3.63, 3.8) is 0 Å². The number of hydrogen-bond donors (Lipinski definition) is 6. The summed E-state index contributed by atoms with van der Waals surface area (Å²) in [6, 6.07) is 3.48. The van der Waals surface area contributed by atoms with Crippen LogP contribution in [0.15, 0.2) is 24.3 Å². The number of thioether (sulfide) groups is 1. The van der Waals surface area contributed by atoms with Gasteiger partial charge < -0.3 is 53.8 Å². The third-order valence-electron chi connectivity index (χ3n) is 11.8. The van der Waals surface area contributed by atoms with Crippen molar-refractivity contribution in [2.45, 2.75) is 225 Å². The molecule has 0 saturated carbocycles. The number of nitrogens with one attached hydrogen (secondary N) is 3. The predicted molar refractivity (Wildman–Crippen MR) is 269 cm³/mol. The zero-order chi connectivity index (χ0) is 50.0. The number of anilines is 1. The summed E-state index contributed by atoms with van der Waals surface area (Å²) < 4.78 is 11.4. The molecule has 17 heteroatoms. The Morgan fingerprint density at radius 1 is 0.609 bits per heavy atom. The zero-order valence-electron chi connectivity index (χ0n) is 42.1. The SMILES string of the molecule is CCCCCCCCCCCCCCCC(=O)OC[C@H](CSC[C@H]([NH3+])C(=O)NCC(=O)Nc1ccc(C(=O)N[C@@H](CCC(=O)O)C(=O)O)cc1)OC(=O)CCCCCCCCCCCCCCC.[Cl-]. The summed E-state index contributed by atoms with van der Waals surface area (Å²) in [5.41, 5.74) is 4.36. The summed E-state index contributed by atoms with van der Waals surface area (Å²) in [4.78, 5) is 85.8. The van der Waals surface area contributed by atoms with E-state index in [9.17, 15) is 38.7 Å². The number of unbranched alkanes of at least 4 members (excludes halogenated alkanes) is 24. The molecule has 3 amide bonds. The summed E-state index contributed by atoms with van der Waals surface area (Å²) in [5.74, 6) is -4.36. The summed E-state index contributed by atoms with van der Waals surface area (Å²) in [7, 11) is 0. The lowest BCUT2D eigenvalue weighted by atomic mass is 10.0. The van der Waals surface area contributed by atoms with E-state index in [1.807, 2.05) is 0 Å². The van der Waals surface area contributed by atoms with E-state index >= 15 is 0 Å². The molecule has 0 radical (unpaired) electrons. The maximum atomic E-state index is 12.9. The van der Waals surface area contributed by atoms with E-state index in [4.69, 9.17) is 14.6 Å². The molecule has 0 bridgehead atoms. The van der Waals surface area contributed by atoms with Crippen LogP contribution in [-0.4, -0.2) is 94.7 Å². The van der Waals surface area contributed by atoms with E-state index in [2.05, 4.69) is 35.5 Å². The number of carbonyl (C=O) groups is 7. The largest absolute Gasteiger partial charge is 1.00 e. The third kappa shape index (κ3) is 37.6. The highest BCUT2D eigenvalue weighted by atomic mass is 35.5. The first-order chi connectivity index (χ1) is 32.9. The quantitative estimate of drug-likeness (QED) is 0.0301. The number of carboxylic acid groups (broad SMARTS) is 2. The second kappa shape index (κ2) is 44.1. The Morgan fingerprint density at radius 2 is 1.06 bits per heavy atom. The Bertz CT molecular complexity index is 1550. The summed E-state index contributed by atoms with van der Waals surface area (Å²) in [5, 5.41) is 25.6. The van der Waals surface area contributed by atoms with Crippen molar-refractivity contribution in [2.75, 3.05) is 30.0 Å². The van der Waals surface area contributed by atoms with Gasteiger partial charge in [-0.1, -0.05) is 168 Å². The second-order valence-corrected chi connectivity index (χ2v) is 19.2. The second-order valence-electron chi connectivity index (χ2n) is 18.2. The Morgan fingerprint density at radius 3 is 1.51 bits per heavy atom. The van der Waals surface area contributed by atoms with Gasteiger partial charge in [0.15, 0.2) is 6.04 Å². The Hall–Kier alpha value is -3.89. The number of carboxylic acids is 2. The standard InChI is InChI=1S/C52H88N4O11S.ClH/c1-3-5-7-9-11-13-15-17-19-21-23-25-27-29-48(60)66-38-43(67-49(61)30-28-26-24-22-20-18-16-14-12-10-8-6-4-2)39-68-40-44(53)51(63)54-37-46(57)55-42-33-31-41(32-34-42)50(62)56-45(52(64)65)35-36-47(58)59;/h31-34,43-45H,3-30,35-40,53H2,1-2H3,(H,54,63)(H,55,57)(H,56,62)(H,58,59)(H,64,65);1H/t43-,44+,45+;/m1./s1. The van der Waals surface area contributed by atoms with Gasteiger partial charge in [-0.25, -0.2) is 4.79 Å². The summed E-state index contributed by atoms with van der Waals surface area (Å²) >= 11 is 1.34. The van der Waals surface area contributed by atoms with Gasteiger partial charge in [0.05, 0.1) is 12.3 Å². The van der Waals surface area contributed by atoms with Gasteiger partial charge >= 0.3 is 23.9 Å². The molecule has 0 aliphatic carbocycles. The minimum atomic E-state index is -1.38. The number of hydrogen-bond acceptors (Lipinski definition) is 10. The molecule has 8 N–H and O–H groups in total. The van der Waals surface area contributed by atoms with Crippen LogP contribution in [0.25, 0.3) is 0 Å². The number of benzene rings is 1. The van der Waals surface area contributed by atoms with E-state index in [1.165, 1.54) is 164 Å². The fourth-order valence-corrected chi connectivity index (χ4v) is 8.60. The minimum Gasteiger partial charge on any atom is -1.00 e. The Labute approximate surface area is 423 Å². The first-order valence-corrected chi connectivity index (χ1v) is 27.2. The fourth-order valence-electron chi connectivity index (χ4n) is 7.60. The molecule has 0 spiro atoms. The van der Waals surface area contributed by atoms with Crippen molar-refractivity contribution in [3.05, 3.63) is 29.8 Å². The highest BCUT2D eigenvalue weighted by Crippen LogP contribution is 2.17. The van der Waals surface area contributed by atoms with Crippen molar-refractivity contribution in [3.8, 4) is 0 Å². The van der Waals surface area contributed by atoms with E-state index in [1.54, 1.807) is 0 Å². The Kier molecular flexibility index (Phi) is 41.6. The molecule has 0 fully saturated rings. The van der Waals surface area contributed by atoms with Crippen LogP contribution in [0.4, 0.5) is 5.69 Å². The zero-order valence-corrected chi connectivity index (χ0v) is 43.7. The summed E-state index contributed by atoms with van der Waals surface area (Å²) in [6.45, 7) is 4.07. The summed E-state index contributed by atoms with van der Waals surface area (Å²) in [6.07, 6.45) is 30.7. The smallest absolute Gasteiger partial charge is 0.326 e. The van der Waals surface area contributed by atoms with Crippen LogP contribution in [0.5, 0.6) is 0 Å². The molecule has 0 aliphatic heterocycles. The van der Waals surface area contributed by atoms with Crippen molar-refractivity contribution in [1.82, 2.24) is 10.6 Å². The molecule has 1 rings (SSSR count). The van der Waals surface area contributed by atoms with Gasteiger partial charge in [-0.15, -0.1) is 0 Å². The maximum absolute atomic E-state index is 12.9. The van der Waals surface area contributed by atoms with Crippen molar-refractivity contribution in [1.29, 1.82) is 0 Å². The van der Waals surface area contributed by atoms with Crippen LogP contribution < -0.4 is 34.1 Å². The Balaban J connectivity index is 0.0000462. The number of carbonyl (C=O) groups excluding carboxylic acids is 5. The molecule has 3 atom stereocenters. The minimum absolute atomic E-state index is 0. The van der Waals surface area contributed by atoms with Gasteiger partial charge in [0.25, 0.3) is 11.8 Å². The lowest BCUT2D eigenvalue weighted by molar-refractivity contribution is -0.396. The number of halogens is 1. The number of esters is 2. The molecule has 69 heavy (non-hydrogen) atoms. The van der Waals surface area contributed by atoms with Gasteiger partial charge in [-0.2, -0.15) is 11.8 Å². The molecule has 396 valence electrons. The number of quaternary nitrogens is 1. The van der Waals surface area contributed by atoms with Gasteiger partial charge in [0.1, 0.15) is 18.8 Å². The lowest BCUT2D eigenvalue weighted by Gasteiger charge is -2.18. The van der Waals surface area contributed by atoms with Gasteiger partial charge in [-0.05, 0) is 43.5 Å². The van der Waals surface area contributed by atoms with Crippen LogP contribution in [-0.2, 0) is 38.2 Å². The molecule has 0 aromatic heterocycles. The van der Waals surface area contributed by atoms with Crippen LogP contribution in [0.1, 0.15) is 217 Å². The number of aliphatic carboxylic acids is 2. The normalized spacial score (nSPS) is 12.2. The number of amides is 3. The number of ether oxygens (including phenoxy) is 2. The molecule has 0 unspecified atom stereocenters. The molecular weight excluding hydrogens is 924 g/mol. The van der Waals surface area contributed by atoms with Crippen molar-refractivity contribution in [2.24, 2.45) is 0 Å². The maximum Gasteiger partial charge on any atom is 0.326 e. The molecule has 0 aliphatic rings. The highest BCUT2D eigenvalue weighted by Gasteiger charge is 2.23. The van der Waals surface area contributed by atoms with Gasteiger partial charge in [0.2, 0.25) is 5.91 Å². The lowest BCUT2D eigenvalue weighted by Crippen LogP contribution is -3.00. The molecular formula is C52H89ClN4O11S. The van der Waals surface area contributed by atoms with Crippen molar-refractivity contribution < 1.29 is 71.4 Å².